The van der Waals surface area contributed by atoms with Crippen molar-refractivity contribution in [3.05, 3.63) is 54.1 Å². The predicted molar refractivity (Wildman–Crippen MR) is 129 cm³/mol. The van der Waals surface area contributed by atoms with Crippen molar-refractivity contribution in [2.45, 2.75) is 45.3 Å². The quantitative estimate of drug-likeness (QED) is 0.444. The zero-order chi connectivity index (χ0) is 22.9. The summed E-state index contributed by atoms with van der Waals surface area (Å²) in [6.07, 6.45) is 1.89. The van der Waals surface area contributed by atoms with Gasteiger partial charge in [-0.1, -0.05) is 37.3 Å². The van der Waals surface area contributed by atoms with Crippen LogP contribution in [0.1, 0.15) is 32.3 Å². The number of hydrogen-bond acceptors (Lipinski definition) is 5. The number of aliphatic hydroxyl groups is 1. The molecule has 172 valence electrons. The van der Waals surface area contributed by atoms with Crippen molar-refractivity contribution in [1.29, 1.82) is 0 Å². The Balaban J connectivity index is 1.99. The first kappa shape index (κ1) is 23.8. The van der Waals surface area contributed by atoms with Gasteiger partial charge in [-0.05, 0) is 50.1 Å². The molecule has 1 heterocycles. The fourth-order valence-corrected chi connectivity index (χ4v) is 4.16. The zero-order valence-electron chi connectivity index (χ0n) is 19.0. The van der Waals surface area contributed by atoms with Crippen LogP contribution in [0.2, 0.25) is 0 Å². The molecule has 0 unspecified atom stereocenters. The molecule has 1 saturated heterocycles. The van der Waals surface area contributed by atoms with Gasteiger partial charge in [-0.25, -0.2) is 0 Å². The Morgan fingerprint density at radius 1 is 1.16 bits per heavy atom. The molecule has 0 spiro atoms. The summed E-state index contributed by atoms with van der Waals surface area (Å²) in [7, 11) is 0. The first-order valence-corrected chi connectivity index (χ1v) is 11.4. The van der Waals surface area contributed by atoms with Gasteiger partial charge < -0.3 is 25.5 Å². The molecule has 7 heteroatoms. The van der Waals surface area contributed by atoms with E-state index in [1.54, 1.807) is 9.80 Å². The lowest BCUT2D eigenvalue weighted by Gasteiger charge is -2.33. The molecule has 2 aromatic rings. The van der Waals surface area contributed by atoms with Crippen LogP contribution in [-0.2, 0) is 16.0 Å². The number of nitrogens with zero attached hydrogens (tertiary/aromatic N) is 2. The Kier molecular flexibility index (Phi) is 8.64. The van der Waals surface area contributed by atoms with E-state index in [9.17, 15) is 14.7 Å². The van der Waals surface area contributed by atoms with Crippen LogP contribution in [0.25, 0.3) is 0 Å². The van der Waals surface area contributed by atoms with E-state index < -0.39 is 12.1 Å². The van der Waals surface area contributed by atoms with E-state index >= 15 is 0 Å². The molecule has 0 aromatic heterocycles. The van der Waals surface area contributed by atoms with Gasteiger partial charge in [0.25, 0.3) is 0 Å². The molecule has 2 aromatic carbocycles. The fourth-order valence-electron chi connectivity index (χ4n) is 4.16. The van der Waals surface area contributed by atoms with E-state index in [1.165, 1.54) is 0 Å². The van der Waals surface area contributed by atoms with Crippen molar-refractivity contribution in [2.75, 3.05) is 41.3 Å². The Morgan fingerprint density at radius 3 is 2.56 bits per heavy atom. The number of anilines is 3. The van der Waals surface area contributed by atoms with E-state index in [0.29, 0.717) is 38.2 Å². The molecule has 1 aliphatic rings. The summed E-state index contributed by atoms with van der Waals surface area (Å²) in [4.78, 5) is 28.1. The highest BCUT2D eigenvalue weighted by Crippen LogP contribution is 2.32. The van der Waals surface area contributed by atoms with E-state index in [1.807, 2.05) is 62.4 Å². The van der Waals surface area contributed by atoms with Crippen molar-refractivity contribution in [3.8, 4) is 0 Å². The minimum atomic E-state index is -0.764. The molecular weight excluding hydrogens is 404 g/mol. The summed E-state index contributed by atoms with van der Waals surface area (Å²) < 4.78 is 0. The molecule has 1 aliphatic heterocycles. The van der Waals surface area contributed by atoms with Gasteiger partial charge in [0, 0.05) is 43.1 Å². The molecule has 7 nitrogen and oxygen atoms in total. The maximum atomic E-state index is 12.4. The van der Waals surface area contributed by atoms with Crippen LogP contribution in [0.4, 0.5) is 17.1 Å². The largest absolute Gasteiger partial charge is 0.390 e. The Labute approximate surface area is 190 Å². The lowest BCUT2D eigenvalue weighted by Crippen LogP contribution is -2.48. The monoisotopic (exact) mass is 438 g/mol. The Morgan fingerprint density at radius 2 is 1.94 bits per heavy atom. The van der Waals surface area contributed by atoms with Gasteiger partial charge in [-0.15, -0.1) is 0 Å². The fraction of sp³-hybridized carbons (Fsp3) is 0.440. The third-order valence-electron chi connectivity index (χ3n) is 5.77. The van der Waals surface area contributed by atoms with Crippen molar-refractivity contribution in [1.82, 2.24) is 5.32 Å². The number of nitrogens with one attached hydrogen (secondary N) is 2. The molecule has 1 fully saturated rings. The highest BCUT2D eigenvalue weighted by molar-refractivity contribution is 5.97. The first-order valence-electron chi connectivity index (χ1n) is 11.4. The van der Waals surface area contributed by atoms with E-state index in [-0.39, 0.29) is 5.91 Å². The van der Waals surface area contributed by atoms with Crippen molar-refractivity contribution >= 4 is 29.4 Å². The van der Waals surface area contributed by atoms with Crippen LogP contribution in [0.5, 0.6) is 0 Å². The van der Waals surface area contributed by atoms with Gasteiger partial charge in [0.2, 0.25) is 12.3 Å². The smallest absolute Gasteiger partial charge is 0.227 e. The molecule has 0 radical (unpaired) electrons. The first-order chi connectivity index (χ1) is 15.6. The highest BCUT2D eigenvalue weighted by Gasteiger charge is 2.29. The second-order valence-electron chi connectivity index (χ2n) is 8.06. The van der Waals surface area contributed by atoms with Crippen molar-refractivity contribution in [3.63, 3.8) is 0 Å². The van der Waals surface area contributed by atoms with Gasteiger partial charge in [0.1, 0.15) is 0 Å². The Bertz CT molecular complexity index is 890. The molecule has 2 atom stereocenters. The lowest BCUT2D eigenvalue weighted by atomic mass is 9.99. The molecule has 0 saturated carbocycles. The van der Waals surface area contributed by atoms with Crippen molar-refractivity contribution in [2.24, 2.45) is 0 Å². The van der Waals surface area contributed by atoms with Gasteiger partial charge in [0.15, 0.2) is 0 Å². The topological polar surface area (TPSA) is 84.9 Å². The van der Waals surface area contributed by atoms with Crippen LogP contribution in [-0.4, -0.2) is 55.7 Å². The maximum Gasteiger partial charge on any atom is 0.227 e. The molecule has 32 heavy (non-hydrogen) atoms. The van der Waals surface area contributed by atoms with Crippen molar-refractivity contribution < 1.29 is 14.7 Å². The van der Waals surface area contributed by atoms with E-state index in [4.69, 9.17) is 0 Å². The number of aliphatic hydroxyl groups excluding tert-OH is 1. The summed E-state index contributed by atoms with van der Waals surface area (Å²) in [5.74, 6) is 0.0928. The van der Waals surface area contributed by atoms with Crippen LogP contribution < -0.4 is 20.4 Å². The summed E-state index contributed by atoms with van der Waals surface area (Å²) >= 11 is 0. The van der Waals surface area contributed by atoms with Gasteiger partial charge >= 0.3 is 0 Å². The molecule has 0 aliphatic carbocycles. The summed E-state index contributed by atoms with van der Waals surface area (Å²) in [6.45, 7) is 6.48. The minimum absolute atomic E-state index is 0.0928. The van der Waals surface area contributed by atoms with Gasteiger partial charge in [0.05, 0.1) is 12.1 Å². The predicted octanol–water partition coefficient (Wildman–Crippen LogP) is 2.79. The minimum Gasteiger partial charge on any atom is -0.390 e. The standard InChI is InChI=1S/C25H34N4O3/c1-3-26-17-24(31)23(13-19-9-6-5-7-10-19)29(18-30)22-15-20(27-4-2)14-21(16-22)28-12-8-11-25(28)32/h5-7,9-10,14-16,18,23-24,26-27,31H,3-4,8,11-13,17H2,1-2H3/t23-,24-/m0/s1. The second-order valence-corrected chi connectivity index (χ2v) is 8.06. The number of rotatable bonds is 12. The van der Waals surface area contributed by atoms with Crippen LogP contribution in [0, 0.1) is 0 Å². The lowest BCUT2D eigenvalue weighted by molar-refractivity contribution is -0.117. The second kappa shape index (κ2) is 11.6. The SMILES string of the molecule is CCNC[C@H](O)[C@H](Cc1ccccc1)N(C=O)c1cc(NCC)cc(N2CCCC2=O)c1. The number of hydrogen-bond donors (Lipinski definition) is 3. The van der Waals surface area contributed by atoms with Gasteiger partial charge in [-0.3, -0.25) is 9.59 Å². The number of likely N-dealkylation sites (N-methyl/N-ethyl adjacent to an activating group) is 1. The van der Waals surface area contributed by atoms with E-state index in [2.05, 4.69) is 10.6 Å². The summed E-state index contributed by atoms with van der Waals surface area (Å²) in [6, 6.07) is 15.1. The third kappa shape index (κ3) is 5.87. The molecule has 0 bridgehead atoms. The zero-order valence-corrected chi connectivity index (χ0v) is 19.0. The number of carbonyl (C=O) groups is 2. The average Bonchev–Trinajstić information content (AvgIpc) is 3.24. The van der Waals surface area contributed by atoms with E-state index in [0.717, 1.165) is 36.3 Å². The maximum absolute atomic E-state index is 12.4. The van der Waals surface area contributed by atoms with Crippen LogP contribution >= 0.6 is 0 Å². The molecular formula is C25H34N4O3. The molecule has 3 rings (SSSR count). The molecule has 2 amide bonds. The van der Waals surface area contributed by atoms with Crippen LogP contribution in [0.3, 0.4) is 0 Å². The number of amides is 2. The van der Waals surface area contributed by atoms with Crippen LogP contribution in [0.15, 0.2) is 48.5 Å². The molecule has 3 N–H and O–H groups in total. The normalized spacial score (nSPS) is 15.5. The number of benzene rings is 2. The summed E-state index contributed by atoms with van der Waals surface area (Å²) in [5, 5.41) is 17.5. The summed E-state index contributed by atoms with van der Waals surface area (Å²) in [5.41, 5.74) is 3.31. The number of carbonyl (C=O) groups excluding carboxylic acids is 2. The highest BCUT2D eigenvalue weighted by atomic mass is 16.3. The van der Waals surface area contributed by atoms with Gasteiger partial charge in [-0.2, -0.15) is 0 Å². The third-order valence-corrected chi connectivity index (χ3v) is 5.77. The Hall–Kier alpha value is -2.90. The average molecular weight is 439 g/mol.